The van der Waals surface area contributed by atoms with Crippen molar-refractivity contribution in [1.29, 1.82) is 0 Å². The van der Waals surface area contributed by atoms with Crippen molar-refractivity contribution >= 4 is 5.97 Å². The molecule has 0 unspecified atom stereocenters. The second kappa shape index (κ2) is 3.46. The number of benzene rings is 1. The topological polar surface area (TPSA) is 35.5 Å². The molecule has 2 aliphatic rings. The molecule has 0 spiro atoms. The molecule has 2 heterocycles. The van der Waals surface area contributed by atoms with Gasteiger partial charge < -0.3 is 9.47 Å². The minimum absolute atomic E-state index is 0.0149. The Morgan fingerprint density at radius 3 is 2.69 bits per heavy atom. The summed E-state index contributed by atoms with van der Waals surface area (Å²) in [5.74, 6) is -0.318. The zero-order valence-electron chi connectivity index (χ0n) is 8.76. The number of hydrogen-bond acceptors (Lipinski definition) is 3. The van der Waals surface area contributed by atoms with Gasteiger partial charge in [0.15, 0.2) is 0 Å². The summed E-state index contributed by atoms with van der Waals surface area (Å²) in [6.07, 6.45) is 0.336. The standard InChI is InChI=1S/C13H12O3/c1-8-12-11(16-13(8)14)7-10(15-12)9-5-3-2-4-6-9/h2-6,10-12H,1,7H2/t10-,11-,12-/m0/s1. The van der Waals surface area contributed by atoms with Gasteiger partial charge in [-0.15, -0.1) is 0 Å². The SMILES string of the molecule is C=C1C(=O)O[C@H]2C[C@@H](c3ccccc3)O[C@@H]12. The lowest BCUT2D eigenvalue weighted by Gasteiger charge is -2.11. The largest absolute Gasteiger partial charge is 0.456 e. The number of carbonyl (C=O) groups excluding carboxylic acids is 1. The summed E-state index contributed by atoms with van der Waals surface area (Å²) in [5.41, 5.74) is 1.57. The summed E-state index contributed by atoms with van der Waals surface area (Å²) in [6, 6.07) is 9.98. The fourth-order valence-corrected chi connectivity index (χ4v) is 2.28. The molecular formula is C13H12O3. The van der Waals surface area contributed by atoms with E-state index in [0.717, 1.165) is 12.0 Å². The van der Waals surface area contributed by atoms with Crippen LogP contribution >= 0.6 is 0 Å². The van der Waals surface area contributed by atoms with E-state index in [0.29, 0.717) is 5.57 Å². The first-order valence-electron chi connectivity index (χ1n) is 5.36. The van der Waals surface area contributed by atoms with Crippen molar-refractivity contribution < 1.29 is 14.3 Å². The van der Waals surface area contributed by atoms with Crippen LogP contribution in [0, 0.1) is 0 Å². The first-order valence-corrected chi connectivity index (χ1v) is 5.36. The van der Waals surface area contributed by atoms with Gasteiger partial charge in [-0.2, -0.15) is 0 Å². The molecule has 0 amide bonds. The van der Waals surface area contributed by atoms with E-state index in [1.54, 1.807) is 0 Å². The summed E-state index contributed by atoms with van der Waals surface area (Å²) in [7, 11) is 0. The zero-order valence-corrected chi connectivity index (χ0v) is 8.76. The number of fused-ring (bicyclic) bond motifs is 1. The van der Waals surface area contributed by atoms with Crippen LogP contribution in [0.15, 0.2) is 42.5 Å². The third-order valence-electron chi connectivity index (χ3n) is 3.13. The quantitative estimate of drug-likeness (QED) is 0.532. The highest BCUT2D eigenvalue weighted by Crippen LogP contribution is 2.40. The van der Waals surface area contributed by atoms with Crippen molar-refractivity contribution in [3.05, 3.63) is 48.0 Å². The number of carbonyl (C=O) groups is 1. The van der Waals surface area contributed by atoms with Gasteiger partial charge in [-0.1, -0.05) is 36.9 Å². The van der Waals surface area contributed by atoms with Crippen molar-refractivity contribution in [2.45, 2.75) is 24.7 Å². The number of esters is 1. The fourth-order valence-electron chi connectivity index (χ4n) is 2.28. The van der Waals surface area contributed by atoms with Crippen LogP contribution in [0.5, 0.6) is 0 Å². The lowest BCUT2D eigenvalue weighted by atomic mass is 10.0. The average molecular weight is 216 g/mol. The van der Waals surface area contributed by atoms with Crippen LogP contribution in [0.4, 0.5) is 0 Å². The Balaban J connectivity index is 1.81. The normalized spacial score (nSPS) is 32.6. The fraction of sp³-hybridized carbons (Fsp3) is 0.308. The Bertz CT molecular complexity index is 438. The molecule has 2 aliphatic heterocycles. The Labute approximate surface area is 93.7 Å². The molecule has 0 aliphatic carbocycles. The molecule has 3 atom stereocenters. The minimum Gasteiger partial charge on any atom is -0.456 e. The number of hydrogen-bond donors (Lipinski definition) is 0. The summed E-state index contributed by atoms with van der Waals surface area (Å²) in [6.45, 7) is 3.71. The van der Waals surface area contributed by atoms with Gasteiger partial charge in [0.05, 0.1) is 11.7 Å². The highest BCUT2D eigenvalue weighted by molar-refractivity contribution is 5.91. The van der Waals surface area contributed by atoms with E-state index in [-0.39, 0.29) is 24.3 Å². The van der Waals surface area contributed by atoms with E-state index < -0.39 is 0 Å². The molecule has 2 fully saturated rings. The first-order chi connectivity index (χ1) is 7.75. The molecule has 3 heteroatoms. The van der Waals surface area contributed by atoms with Crippen LogP contribution in [-0.4, -0.2) is 18.2 Å². The van der Waals surface area contributed by atoms with Crippen LogP contribution in [0.1, 0.15) is 18.1 Å². The molecule has 0 radical (unpaired) electrons. The van der Waals surface area contributed by atoms with Crippen molar-refractivity contribution in [3.63, 3.8) is 0 Å². The zero-order chi connectivity index (χ0) is 11.1. The van der Waals surface area contributed by atoms with Crippen LogP contribution < -0.4 is 0 Å². The molecule has 0 bridgehead atoms. The van der Waals surface area contributed by atoms with Crippen molar-refractivity contribution in [2.75, 3.05) is 0 Å². The van der Waals surface area contributed by atoms with Gasteiger partial charge in [-0.05, 0) is 5.56 Å². The maximum atomic E-state index is 11.2. The van der Waals surface area contributed by atoms with E-state index in [2.05, 4.69) is 6.58 Å². The van der Waals surface area contributed by atoms with E-state index in [1.807, 2.05) is 30.3 Å². The summed E-state index contributed by atoms with van der Waals surface area (Å²) < 4.78 is 11.0. The second-order valence-electron chi connectivity index (χ2n) is 4.16. The third kappa shape index (κ3) is 1.36. The van der Waals surface area contributed by atoms with E-state index >= 15 is 0 Å². The molecule has 16 heavy (non-hydrogen) atoms. The van der Waals surface area contributed by atoms with Gasteiger partial charge in [-0.25, -0.2) is 4.79 Å². The molecule has 1 aromatic carbocycles. The molecule has 1 aromatic rings. The average Bonchev–Trinajstić information content (AvgIpc) is 2.82. The Morgan fingerprint density at radius 1 is 1.25 bits per heavy atom. The highest BCUT2D eigenvalue weighted by atomic mass is 16.6. The Hall–Kier alpha value is -1.61. The minimum atomic E-state index is -0.318. The molecule has 2 saturated heterocycles. The number of rotatable bonds is 1. The van der Waals surface area contributed by atoms with Gasteiger partial charge in [0.1, 0.15) is 12.2 Å². The van der Waals surface area contributed by atoms with Crippen LogP contribution in [-0.2, 0) is 14.3 Å². The Kier molecular flexibility index (Phi) is 2.07. The predicted molar refractivity (Wildman–Crippen MR) is 57.7 cm³/mol. The molecule has 0 aromatic heterocycles. The molecule has 82 valence electrons. The highest BCUT2D eigenvalue weighted by Gasteiger charge is 2.47. The molecule has 0 N–H and O–H groups in total. The molecule has 0 saturated carbocycles. The van der Waals surface area contributed by atoms with Crippen LogP contribution in [0.3, 0.4) is 0 Å². The predicted octanol–water partition coefficient (Wildman–Crippen LogP) is 2.00. The van der Waals surface area contributed by atoms with Crippen molar-refractivity contribution in [1.82, 2.24) is 0 Å². The third-order valence-corrected chi connectivity index (χ3v) is 3.13. The van der Waals surface area contributed by atoms with E-state index in [9.17, 15) is 4.79 Å². The lowest BCUT2D eigenvalue weighted by Crippen LogP contribution is -2.15. The lowest BCUT2D eigenvalue weighted by molar-refractivity contribution is -0.138. The van der Waals surface area contributed by atoms with Crippen LogP contribution in [0.2, 0.25) is 0 Å². The summed E-state index contributed by atoms with van der Waals surface area (Å²) in [4.78, 5) is 11.2. The second-order valence-corrected chi connectivity index (χ2v) is 4.16. The van der Waals surface area contributed by atoms with Crippen LogP contribution in [0.25, 0.3) is 0 Å². The maximum absolute atomic E-state index is 11.2. The molecule has 3 rings (SSSR count). The van der Waals surface area contributed by atoms with Gasteiger partial charge in [0.2, 0.25) is 0 Å². The van der Waals surface area contributed by atoms with Crippen molar-refractivity contribution in [2.24, 2.45) is 0 Å². The molecular weight excluding hydrogens is 204 g/mol. The first kappa shape index (κ1) is 9.60. The summed E-state index contributed by atoms with van der Waals surface area (Å²) >= 11 is 0. The van der Waals surface area contributed by atoms with Gasteiger partial charge in [-0.3, -0.25) is 0 Å². The van der Waals surface area contributed by atoms with Crippen molar-refractivity contribution in [3.8, 4) is 0 Å². The molecule has 3 nitrogen and oxygen atoms in total. The number of ether oxygens (including phenoxy) is 2. The summed E-state index contributed by atoms with van der Waals surface area (Å²) in [5, 5.41) is 0. The maximum Gasteiger partial charge on any atom is 0.336 e. The van der Waals surface area contributed by atoms with Gasteiger partial charge in [0.25, 0.3) is 0 Å². The van der Waals surface area contributed by atoms with Gasteiger partial charge in [0, 0.05) is 6.42 Å². The smallest absolute Gasteiger partial charge is 0.336 e. The Morgan fingerprint density at radius 2 is 2.00 bits per heavy atom. The van der Waals surface area contributed by atoms with Gasteiger partial charge >= 0.3 is 5.97 Å². The monoisotopic (exact) mass is 216 g/mol. The van der Waals surface area contributed by atoms with E-state index in [4.69, 9.17) is 9.47 Å². The van der Waals surface area contributed by atoms with E-state index in [1.165, 1.54) is 0 Å².